The molecular weight excluding hydrogens is 248 g/mol. The third kappa shape index (κ3) is 2.04. The van der Waals surface area contributed by atoms with Crippen LogP contribution in [0.25, 0.3) is 0 Å². The van der Waals surface area contributed by atoms with Crippen molar-refractivity contribution in [2.75, 3.05) is 0 Å². The van der Waals surface area contributed by atoms with Crippen LogP contribution in [0.2, 0.25) is 0 Å². The second kappa shape index (κ2) is 3.72. The predicted octanol–water partition coefficient (Wildman–Crippen LogP) is 1.60. The lowest BCUT2D eigenvalue weighted by Crippen LogP contribution is -2.21. The molecule has 1 saturated carbocycles. The largest absolute Gasteiger partial charge is 0.261 e. The fourth-order valence-electron chi connectivity index (χ4n) is 1.62. The van der Waals surface area contributed by atoms with Crippen molar-refractivity contribution in [2.45, 2.75) is 24.0 Å². The molecule has 6 heteroatoms. The fraction of sp³-hybridized carbons (Fsp3) is 0.400. The van der Waals surface area contributed by atoms with Crippen LogP contribution >= 0.6 is 10.7 Å². The summed E-state index contributed by atoms with van der Waals surface area (Å²) in [7, 11) is 1.83. The lowest BCUT2D eigenvalue weighted by molar-refractivity contribution is 0.589. The molecule has 0 radical (unpaired) electrons. The van der Waals surface area contributed by atoms with Crippen LogP contribution in [-0.2, 0) is 15.5 Å². The van der Waals surface area contributed by atoms with E-state index in [9.17, 15) is 8.42 Å². The number of rotatable bonds is 3. The summed E-state index contributed by atoms with van der Waals surface area (Å²) in [5.74, 6) is 0. The van der Waals surface area contributed by atoms with E-state index in [1.54, 1.807) is 12.1 Å². The SMILES string of the molecule is N#Cc1ccnc(CC2(S(=O)(=O)Cl)CC2)c1. The van der Waals surface area contributed by atoms with Crippen LogP contribution in [-0.4, -0.2) is 18.1 Å². The van der Waals surface area contributed by atoms with Gasteiger partial charge in [-0.05, 0) is 25.0 Å². The van der Waals surface area contributed by atoms with Crippen molar-refractivity contribution < 1.29 is 8.42 Å². The maximum absolute atomic E-state index is 11.3. The van der Waals surface area contributed by atoms with Crippen LogP contribution in [0.15, 0.2) is 18.3 Å². The average Bonchev–Trinajstić information content (AvgIpc) is 2.98. The van der Waals surface area contributed by atoms with Gasteiger partial charge in [0.1, 0.15) is 0 Å². The third-order valence-corrected chi connectivity index (χ3v) is 5.34. The second-order valence-corrected chi connectivity index (χ2v) is 6.91. The molecule has 1 aromatic heterocycles. The zero-order chi connectivity index (χ0) is 11.8. The van der Waals surface area contributed by atoms with Gasteiger partial charge in [0.25, 0.3) is 0 Å². The third-order valence-electron chi connectivity index (χ3n) is 2.77. The maximum atomic E-state index is 11.3. The zero-order valence-electron chi connectivity index (χ0n) is 8.35. The van der Waals surface area contributed by atoms with Crippen molar-refractivity contribution in [3.8, 4) is 6.07 Å². The molecule has 1 fully saturated rings. The molecule has 2 rings (SSSR count). The molecule has 1 aliphatic carbocycles. The van der Waals surface area contributed by atoms with E-state index in [1.165, 1.54) is 6.20 Å². The summed E-state index contributed by atoms with van der Waals surface area (Å²) in [4.78, 5) is 4.05. The molecular formula is C10H9ClN2O2S. The molecule has 1 heterocycles. The molecule has 0 amide bonds. The smallest absolute Gasteiger partial charge is 0.238 e. The van der Waals surface area contributed by atoms with Gasteiger partial charge >= 0.3 is 0 Å². The Hall–Kier alpha value is -1.12. The van der Waals surface area contributed by atoms with E-state index in [4.69, 9.17) is 15.9 Å². The van der Waals surface area contributed by atoms with Gasteiger partial charge in [-0.15, -0.1) is 0 Å². The summed E-state index contributed by atoms with van der Waals surface area (Å²) < 4.78 is 21.8. The topological polar surface area (TPSA) is 70.8 Å². The molecule has 0 saturated heterocycles. The van der Waals surface area contributed by atoms with Gasteiger partial charge in [0.05, 0.1) is 16.4 Å². The van der Waals surface area contributed by atoms with Crippen LogP contribution in [0, 0.1) is 11.3 Å². The van der Waals surface area contributed by atoms with E-state index in [-0.39, 0.29) is 6.42 Å². The monoisotopic (exact) mass is 256 g/mol. The first-order valence-corrected chi connectivity index (χ1v) is 7.07. The van der Waals surface area contributed by atoms with Gasteiger partial charge in [-0.1, -0.05) is 0 Å². The maximum Gasteiger partial charge on any atom is 0.238 e. The molecule has 84 valence electrons. The quantitative estimate of drug-likeness (QED) is 0.770. The molecule has 16 heavy (non-hydrogen) atoms. The van der Waals surface area contributed by atoms with E-state index in [0.717, 1.165) is 0 Å². The normalized spacial score (nSPS) is 17.8. The van der Waals surface area contributed by atoms with Gasteiger partial charge in [-0.25, -0.2) is 8.42 Å². The van der Waals surface area contributed by atoms with E-state index < -0.39 is 13.8 Å². The Labute approximate surface area is 98.3 Å². The molecule has 0 atom stereocenters. The van der Waals surface area contributed by atoms with E-state index in [0.29, 0.717) is 24.1 Å². The Morgan fingerprint density at radius 1 is 1.56 bits per heavy atom. The average molecular weight is 257 g/mol. The van der Waals surface area contributed by atoms with Gasteiger partial charge in [0, 0.05) is 29.0 Å². The number of hydrogen-bond donors (Lipinski definition) is 0. The summed E-state index contributed by atoms with van der Waals surface area (Å²) in [6.07, 6.45) is 2.92. The van der Waals surface area contributed by atoms with Crippen molar-refractivity contribution in [1.82, 2.24) is 4.98 Å². The molecule has 0 N–H and O–H groups in total. The molecule has 4 nitrogen and oxygen atoms in total. The summed E-state index contributed by atoms with van der Waals surface area (Å²) in [5.41, 5.74) is 1.08. The van der Waals surface area contributed by atoms with Crippen LogP contribution in [0.4, 0.5) is 0 Å². The molecule has 1 aromatic rings. The van der Waals surface area contributed by atoms with Gasteiger partial charge in [-0.2, -0.15) is 5.26 Å². The van der Waals surface area contributed by atoms with Crippen molar-refractivity contribution in [3.05, 3.63) is 29.6 Å². The molecule has 0 aliphatic heterocycles. The minimum Gasteiger partial charge on any atom is -0.261 e. The van der Waals surface area contributed by atoms with Crippen molar-refractivity contribution in [2.24, 2.45) is 0 Å². The first kappa shape index (κ1) is 11.4. The Morgan fingerprint density at radius 2 is 2.25 bits per heavy atom. The van der Waals surface area contributed by atoms with Crippen LogP contribution in [0.1, 0.15) is 24.1 Å². The Balaban J connectivity index is 2.26. The van der Waals surface area contributed by atoms with Gasteiger partial charge < -0.3 is 0 Å². The molecule has 0 unspecified atom stereocenters. The Morgan fingerprint density at radius 3 is 2.75 bits per heavy atom. The highest BCUT2D eigenvalue weighted by atomic mass is 35.7. The van der Waals surface area contributed by atoms with E-state index >= 15 is 0 Å². The predicted molar refractivity (Wildman–Crippen MR) is 59.4 cm³/mol. The van der Waals surface area contributed by atoms with Crippen LogP contribution in [0.5, 0.6) is 0 Å². The lowest BCUT2D eigenvalue weighted by atomic mass is 10.1. The molecule has 0 aromatic carbocycles. The minimum absolute atomic E-state index is 0.286. The van der Waals surface area contributed by atoms with Crippen LogP contribution < -0.4 is 0 Å². The van der Waals surface area contributed by atoms with Gasteiger partial charge in [0.2, 0.25) is 9.05 Å². The summed E-state index contributed by atoms with van der Waals surface area (Å²) in [6, 6.07) is 5.17. The summed E-state index contributed by atoms with van der Waals surface area (Å²) >= 11 is 0. The van der Waals surface area contributed by atoms with Crippen molar-refractivity contribution in [1.29, 1.82) is 5.26 Å². The first-order chi connectivity index (χ1) is 7.47. The molecule has 1 aliphatic rings. The highest BCUT2D eigenvalue weighted by molar-refractivity contribution is 8.15. The number of aromatic nitrogens is 1. The highest BCUT2D eigenvalue weighted by Crippen LogP contribution is 2.47. The molecule has 0 bridgehead atoms. The number of hydrogen-bond acceptors (Lipinski definition) is 4. The van der Waals surface area contributed by atoms with Crippen LogP contribution in [0.3, 0.4) is 0 Å². The van der Waals surface area contributed by atoms with E-state index in [2.05, 4.69) is 4.98 Å². The Kier molecular flexibility index (Phi) is 2.64. The van der Waals surface area contributed by atoms with Crippen molar-refractivity contribution in [3.63, 3.8) is 0 Å². The fourth-order valence-corrected chi connectivity index (χ4v) is 3.16. The Bertz CT molecular complexity index is 558. The lowest BCUT2D eigenvalue weighted by Gasteiger charge is -2.10. The second-order valence-electron chi connectivity index (χ2n) is 3.95. The van der Waals surface area contributed by atoms with Crippen molar-refractivity contribution >= 4 is 19.7 Å². The zero-order valence-corrected chi connectivity index (χ0v) is 9.92. The van der Waals surface area contributed by atoms with E-state index in [1.807, 2.05) is 6.07 Å². The first-order valence-electron chi connectivity index (χ1n) is 4.76. The summed E-state index contributed by atoms with van der Waals surface area (Å²) in [5, 5.41) is 8.71. The summed E-state index contributed by atoms with van der Waals surface area (Å²) in [6.45, 7) is 0. The number of halogens is 1. The van der Waals surface area contributed by atoms with Gasteiger partial charge in [-0.3, -0.25) is 4.98 Å². The number of nitrogens with zero attached hydrogens (tertiary/aromatic N) is 2. The number of nitriles is 1. The molecule has 0 spiro atoms. The minimum atomic E-state index is -3.56. The highest BCUT2D eigenvalue weighted by Gasteiger charge is 2.53. The number of pyridine rings is 1. The standard InChI is InChI=1S/C10H9ClN2O2S/c11-16(14,15)10(2-3-10)6-9-5-8(7-12)1-4-13-9/h1,4-5H,2-3,6H2. The van der Waals surface area contributed by atoms with Gasteiger partial charge in [0.15, 0.2) is 0 Å².